The number of ether oxygens (including phenoxy) is 1. The molecular formula is C16H25NO. The average molecular weight is 247 g/mol. The predicted octanol–water partition coefficient (Wildman–Crippen LogP) is 3.50. The SMILES string of the molecule is Cc1ccc(C(C)C)c(OCC2CCCNC2)c1. The number of hydrogen-bond acceptors (Lipinski definition) is 2. The molecule has 0 saturated carbocycles. The Morgan fingerprint density at radius 1 is 1.39 bits per heavy atom. The van der Waals surface area contributed by atoms with E-state index in [9.17, 15) is 0 Å². The molecule has 0 amide bonds. The monoisotopic (exact) mass is 247 g/mol. The van der Waals surface area contributed by atoms with Gasteiger partial charge in [0.05, 0.1) is 6.61 Å². The van der Waals surface area contributed by atoms with E-state index in [4.69, 9.17) is 4.74 Å². The van der Waals surface area contributed by atoms with Crippen molar-refractivity contribution in [3.63, 3.8) is 0 Å². The van der Waals surface area contributed by atoms with Crippen molar-refractivity contribution in [2.24, 2.45) is 5.92 Å². The summed E-state index contributed by atoms with van der Waals surface area (Å²) in [6, 6.07) is 6.55. The van der Waals surface area contributed by atoms with Crippen molar-refractivity contribution in [1.29, 1.82) is 0 Å². The van der Waals surface area contributed by atoms with Gasteiger partial charge < -0.3 is 10.1 Å². The summed E-state index contributed by atoms with van der Waals surface area (Å²) >= 11 is 0. The van der Waals surface area contributed by atoms with Gasteiger partial charge in [-0.25, -0.2) is 0 Å². The summed E-state index contributed by atoms with van der Waals surface area (Å²) in [5, 5.41) is 3.44. The average Bonchev–Trinajstić information content (AvgIpc) is 2.37. The van der Waals surface area contributed by atoms with E-state index in [2.05, 4.69) is 44.3 Å². The Morgan fingerprint density at radius 3 is 2.89 bits per heavy atom. The third-order valence-corrected chi connectivity index (χ3v) is 3.66. The molecule has 1 N–H and O–H groups in total. The highest BCUT2D eigenvalue weighted by atomic mass is 16.5. The molecule has 100 valence electrons. The van der Waals surface area contributed by atoms with E-state index in [0.717, 1.165) is 25.4 Å². The highest BCUT2D eigenvalue weighted by molar-refractivity contribution is 5.39. The number of rotatable bonds is 4. The van der Waals surface area contributed by atoms with E-state index in [1.165, 1.54) is 24.0 Å². The van der Waals surface area contributed by atoms with E-state index in [0.29, 0.717) is 11.8 Å². The van der Waals surface area contributed by atoms with Gasteiger partial charge in [0.2, 0.25) is 0 Å². The van der Waals surface area contributed by atoms with E-state index >= 15 is 0 Å². The van der Waals surface area contributed by atoms with Crippen molar-refractivity contribution in [3.8, 4) is 5.75 Å². The van der Waals surface area contributed by atoms with Gasteiger partial charge in [-0.15, -0.1) is 0 Å². The van der Waals surface area contributed by atoms with Crippen LogP contribution in [0.15, 0.2) is 18.2 Å². The zero-order valence-corrected chi connectivity index (χ0v) is 11.8. The lowest BCUT2D eigenvalue weighted by molar-refractivity contribution is 0.216. The molecule has 1 heterocycles. The summed E-state index contributed by atoms with van der Waals surface area (Å²) in [7, 11) is 0. The van der Waals surface area contributed by atoms with Gasteiger partial charge in [-0.1, -0.05) is 26.0 Å². The quantitative estimate of drug-likeness (QED) is 0.879. The highest BCUT2D eigenvalue weighted by Gasteiger charge is 2.15. The predicted molar refractivity (Wildman–Crippen MR) is 76.4 cm³/mol. The van der Waals surface area contributed by atoms with Gasteiger partial charge in [-0.05, 0) is 49.4 Å². The van der Waals surface area contributed by atoms with Crippen LogP contribution in [0.5, 0.6) is 5.75 Å². The molecule has 1 unspecified atom stereocenters. The third-order valence-electron chi connectivity index (χ3n) is 3.66. The Labute approximate surface area is 111 Å². The van der Waals surface area contributed by atoms with Crippen molar-refractivity contribution in [2.75, 3.05) is 19.7 Å². The largest absolute Gasteiger partial charge is 0.493 e. The number of piperidine rings is 1. The number of benzene rings is 1. The zero-order chi connectivity index (χ0) is 13.0. The van der Waals surface area contributed by atoms with Crippen molar-refractivity contribution in [2.45, 2.75) is 39.5 Å². The topological polar surface area (TPSA) is 21.3 Å². The number of nitrogens with one attached hydrogen (secondary N) is 1. The van der Waals surface area contributed by atoms with Crippen LogP contribution in [0, 0.1) is 12.8 Å². The summed E-state index contributed by atoms with van der Waals surface area (Å²) in [5.41, 5.74) is 2.60. The van der Waals surface area contributed by atoms with Gasteiger partial charge in [0.1, 0.15) is 5.75 Å². The molecule has 2 rings (SSSR count). The standard InChI is InChI=1S/C16H25NO/c1-12(2)15-7-6-13(3)9-16(15)18-11-14-5-4-8-17-10-14/h6-7,9,12,14,17H,4-5,8,10-11H2,1-3H3. The molecule has 0 aliphatic carbocycles. The summed E-state index contributed by atoms with van der Waals surface area (Å²) in [6.45, 7) is 9.68. The van der Waals surface area contributed by atoms with Crippen molar-refractivity contribution >= 4 is 0 Å². The fourth-order valence-electron chi connectivity index (χ4n) is 2.52. The van der Waals surface area contributed by atoms with Gasteiger partial charge in [0, 0.05) is 12.5 Å². The number of aryl methyl sites for hydroxylation is 1. The van der Waals surface area contributed by atoms with Crippen LogP contribution in [0.1, 0.15) is 43.7 Å². The van der Waals surface area contributed by atoms with Gasteiger partial charge >= 0.3 is 0 Å². The van der Waals surface area contributed by atoms with Crippen LogP contribution in [0.2, 0.25) is 0 Å². The molecule has 0 bridgehead atoms. The van der Waals surface area contributed by atoms with Crippen molar-refractivity contribution in [3.05, 3.63) is 29.3 Å². The first-order valence-corrected chi connectivity index (χ1v) is 7.11. The van der Waals surface area contributed by atoms with Gasteiger partial charge in [0.15, 0.2) is 0 Å². The molecular weight excluding hydrogens is 222 g/mol. The second-order valence-electron chi connectivity index (χ2n) is 5.72. The number of hydrogen-bond donors (Lipinski definition) is 1. The molecule has 0 spiro atoms. The van der Waals surface area contributed by atoms with Crippen LogP contribution < -0.4 is 10.1 Å². The fourth-order valence-corrected chi connectivity index (χ4v) is 2.52. The fraction of sp³-hybridized carbons (Fsp3) is 0.625. The normalized spacial score (nSPS) is 20.1. The lowest BCUT2D eigenvalue weighted by Gasteiger charge is -2.24. The minimum Gasteiger partial charge on any atom is -0.493 e. The third kappa shape index (κ3) is 3.49. The Morgan fingerprint density at radius 2 is 2.22 bits per heavy atom. The first-order valence-electron chi connectivity index (χ1n) is 7.11. The van der Waals surface area contributed by atoms with E-state index in [-0.39, 0.29) is 0 Å². The van der Waals surface area contributed by atoms with Crippen LogP contribution in [0.4, 0.5) is 0 Å². The lowest BCUT2D eigenvalue weighted by atomic mass is 9.99. The Kier molecular flexibility index (Phi) is 4.65. The smallest absolute Gasteiger partial charge is 0.123 e. The molecule has 1 saturated heterocycles. The van der Waals surface area contributed by atoms with Crippen LogP contribution >= 0.6 is 0 Å². The maximum absolute atomic E-state index is 6.08. The van der Waals surface area contributed by atoms with Crippen molar-refractivity contribution < 1.29 is 4.74 Å². The van der Waals surface area contributed by atoms with Gasteiger partial charge in [-0.3, -0.25) is 0 Å². The highest BCUT2D eigenvalue weighted by Crippen LogP contribution is 2.28. The Hall–Kier alpha value is -1.02. The van der Waals surface area contributed by atoms with E-state index < -0.39 is 0 Å². The van der Waals surface area contributed by atoms with Crippen LogP contribution in [-0.4, -0.2) is 19.7 Å². The zero-order valence-electron chi connectivity index (χ0n) is 11.8. The van der Waals surface area contributed by atoms with Crippen LogP contribution in [0.25, 0.3) is 0 Å². The molecule has 1 aromatic carbocycles. The molecule has 1 fully saturated rings. The maximum atomic E-state index is 6.08. The maximum Gasteiger partial charge on any atom is 0.123 e. The van der Waals surface area contributed by atoms with Crippen LogP contribution in [0.3, 0.4) is 0 Å². The Bertz CT molecular complexity index is 381. The molecule has 0 radical (unpaired) electrons. The lowest BCUT2D eigenvalue weighted by Crippen LogP contribution is -2.33. The first kappa shape index (κ1) is 13.4. The summed E-state index contributed by atoms with van der Waals surface area (Å²) in [6.07, 6.45) is 2.56. The molecule has 1 aliphatic heterocycles. The second-order valence-corrected chi connectivity index (χ2v) is 5.72. The summed E-state index contributed by atoms with van der Waals surface area (Å²) in [5.74, 6) is 2.26. The van der Waals surface area contributed by atoms with E-state index in [1.54, 1.807) is 0 Å². The van der Waals surface area contributed by atoms with Gasteiger partial charge in [0.25, 0.3) is 0 Å². The minimum absolute atomic E-state index is 0.519. The molecule has 1 aromatic rings. The summed E-state index contributed by atoms with van der Waals surface area (Å²) in [4.78, 5) is 0. The van der Waals surface area contributed by atoms with Crippen LogP contribution in [-0.2, 0) is 0 Å². The minimum atomic E-state index is 0.519. The van der Waals surface area contributed by atoms with E-state index in [1.807, 2.05) is 0 Å². The Balaban J connectivity index is 2.00. The summed E-state index contributed by atoms with van der Waals surface area (Å²) < 4.78 is 6.08. The molecule has 1 aliphatic rings. The second kappa shape index (κ2) is 6.24. The van der Waals surface area contributed by atoms with Crippen molar-refractivity contribution in [1.82, 2.24) is 5.32 Å². The molecule has 1 atom stereocenters. The molecule has 18 heavy (non-hydrogen) atoms. The molecule has 2 nitrogen and oxygen atoms in total. The van der Waals surface area contributed by atoms with Gasteiger partial charge in [-0.2, -0.15) is 0 Å². The molecule has 2 heteroatoms. The molecule has 0 aromatic heterocycles. The first-order chi connectivity index (χ1) is 8.66.